The standard InChI is InChI=1S/C21H31N3O3/c1-16(2)7-12-24-13-9-21(10-14-24)8-6-17(27-21)15-22-19(25)18-5-4-11-23(3)20(18)26/h4-5,7,11,17H,6,8-10,12-15H2,1-3H3,(H,22,25)/t17-/m0/s1. The van der Waals surface area contributed by atoms with Crippen molar-refractivity contribution in [2.75, 3.05) is 26.2 Å². The number of allylic oxidation sites excluding steroid dienone is 1. The number of amides is 1. The Morgan fingerprint density at radius 3 is 2.78 bits per heavy atom. The zero-order valence-electron chi connectivity index (χ0n) is 16.7. The number of pyridine rings is 1. The van der Waals surface area contributed by atoms with Crippen molar-refractivity contribution in [2.45, 2.75) is 51.2 Å². The summed E-state index contributed by atoms with van der Waals surface area (Å²) in [6.07, 6.45) is 8.07. The number of hydrogen-bond acceptors (Lipinski definition) is 4. The lowest BCUT2D eigenvalue weighted by atomic mass is 9.88. The fraction of sp³-hybridized carbons (Fsp3) is 0.619. The molecule has 2 aliphatic rings. The van der Waals surface area contributed by atoms with Gasteiger partial charge in [-0.15, -0.1) is 0 Å². The molecule has 0 bridgehead atoms. The molecule has 1 atom stereocenters. The predicted octanol–water partition coefficient (Wildman–Crippen LogP) is 2.09. The molecule has 0 aromatic carbocycles. The molecule has 2 saturated heterocycles. The summed E-state index contributed by atoms with van der Waals surface area (Å²) in [6, 6.07) is 3.28. The van der Waals surface area contributed by atoms with E-state index < -0.39 is 0 Å². The average molecular weight is 373 g/mol. The Labute approximate surface area is 161 Å². The van der Waals surface area contributed by atoms with Crippen LogP contribution in [0, 0.1) is 0 Å². The topological polar surface area (TPSA) is 63.6 Å². The van der Waals surface area contributed by atoms with E-state index >= 15 is 0 Å². The first-order valence-electron chi connectivity index (χ1n) is 9.86. The van der Waals surface area contributed by atoms with Crippen LogP contribution in [0.4, 0.5) is 0 Å². The molecule has 27 heavy (non-hydrogen) atoms. The van der Waals surface area contributed by atoms with Crippen LogP contribution in [0.15, 0.2) is 34.8 Å². The number of aryl methyl sites for hydroxylation is 1. The second-order valence-electron chi connectivity index (χ2n) is 8.09. The third-order valence-corrected chi connectivity index (χ3v) is 5.72. The molecule has 3 rings (SSSR count). The highest BCUT2D eigenvalue weighted by atomic mass is 16.5. The highest BCUT2D eigenvalue weighted by Crippen LogP contribution is 2.38. The second kappa shape index (κ2) is 8.40. The fourth-order valence-electron chi connectivity index (χ4n) is 3.93. The van der Waals surface area contributed by atoms with Gasteiger partial charge in [0.15, 0.2) is 0 Å². The predicted molar refractivity (Wildman–Crippen MR) is 106 cm³/mol. The van der Waals surface area contributed by atoms with E-state index in [-0.39, 0.29) is 28.7 Å². The van der Waals surface area contributed by atoms with Crippen molar-refractivity contribution < 1.29 is 9.53 Å². The summed E-state index contributed by atoms with van der Waals surface area (Å²) < 4.78 is 7.78. The van der Waals surface area contributed by atoms with Gasteiger partial charge in [0.25, 0.3) is 11.5 Å². The van der Waals surface area contributed by atoms with Gasteiger partial charge in [-0.05, 0) is 51.7 Å². The summed E-state index contributed by atoms with van der Waals surface area (Å²) >= 11 is 0. The number of nitrogens with zero attached hydrogens (tertiary/aromatic N) is 2. The molecule has 0 radical (unpaired) electrons. The minimum atomic E-state index is -0.322. The molecule has 0 saturated carbocycles. The van der Waals surface area contributed by atoms with Crippen LogP contribution < -0.4 is 10.9 Å². The number of carbonyl (C=O) groups excluding carboxylic acids is 1. The van der Waals surface area contributed by atoms with E-state index in [1.54, 1.807) is 25.4 Å². The molecule has 3 heterocycles. The van der Waals surface area contributed by atoms with Crippen LogP contribution in [0.1, 0.15) is 49.9 Å². The van der Waals surface area contributed by atoms with E-state index in [0.29, 0.717) is 6.54 Å². The number of ether oxygens (including phenoxy) is 1. The van der Waals surface area contributed by atoms with Gasteiger partial charge < -0.3 is 14.6 Å². The largest absolute Gasteiger partial charge is 0.370 e. The van der Waals surface area contributed by atoms with E-state index in [1.807, 2.05) is 0 Å². The number of aromatic nitrogens is 1. The minimum Gasteiger partial charge on any atom is -0.370 e. The van der Waals surface area contributed by atoms with E-state index in [4.69, 9.17) is 4.74 Å². The second-order valence-corrected chi connectivity index (χ2v) is 8.09. The van der Waals surface area contributed by atoms with Gasteiger partial charge in [0, 0.05) is 39.4 Å². The Kier molecular flexibility index (Phi) is 6.17. The lowest BCUT2D eigenvalue weighted by Gasteiger charge is -2.39. The number of nitrogens with one attached hydrogen (secondary N) is 1. The first-order valence-corrected chi connectivity index (χ1v) is 9.86. The van der Waals surface area contributed by atoms with Crippen LogP contribution in [-0.4, -0.2) is 53.3 Å². The molecule has 148 valence electrons. The van der Waals surface area contributed by atoms with Crippen molar-refractivity contribution in [3.63, 3.8) is 0 Å². The van der Waals surface area contributed by atoms with Crippen molar-refractivity contribution in [2.24, 2.45) is 7.05 Å². The molecular weight excluding hydrogens is 342 g/mol. The van der Waals surface area contributed by atoms with Gasteiger partial charge in [-0.25, -0.2) is 0 Å². The SMILES string of the molecule is CC(C)=CCN1CCC2(CC[C@@H](CNC(=O)c3cccn(C)c3=O)O2)CC1. The Morgan fingerprint density at radius 2 is 2.07 bits per heavy atom. The lowest BCUT2D eigenvalue weighted by molar-refractivity contribution is -0.0741. The monoisotopic (exact) mass is 373 g/mol. The van der Waals surface area contributed by atoms with Gasteiger partial charge in [-0.1, -0.05) is 11.6 Å². The van der Waals surface area contributed by atoms with Gasteiger partial charge in [-0.3, -0.25) is 14.5 Å². The third kappa shape index (κ3) is 4.87. The maximum absolute atomic E-state index is 12.3. The summed E-state index contributed by atoms with van der Waals surface area (Å²) in [5.74, 6) is -0.322. The summed E-state index contributed by atoms with van der Waals surface area (Å²) in [5, 5.41) is 2.88. The smallest absolute Gasteiger partial charge is 0.263 e. The highest BCUT2D eigenvalue weighted by Gasteiger charge is 2.42. The number of likely N-dealkylation sites (tertiary alicyclic amines) is 1. The molecule has 1 N–H and O–H groups in total. The normalized spacial score (nSPS) is 22.0. The summed E-state index contributed by atoms with van der Waals surface area (Å²) in [6.45, 7) is 7.86. The molecule has 1 spiro atoms. The average Bonchev–Trinajstić information content (AvgIpc) is 3.04. The molecule has 0 aliphatic carbocycles. The van der Waals surface area contributed by atoms with Gasteiger partial charge >= 0.3 is 0 Å². The maximum atomic E-state index is 12.3. The van der Waals surface area contributed by atoms with E-state index in [9.17, 15) is 9.59 Å². The van der Waals surface area contributed by atoms with Crippen LogP contribution in [0.2, 0.25) is 0 Å². The Morgan fingerprint density at radius 1 is 1.33 bits per heavy atom. The van der Waals surface area contributed by atoms with Crippen molar-refractivity contribution in [1.82, 2.24) is 14.8 Å². The van der Waals surface area contributed by atoms with Crippen LogP contribution in [-0.2, 0) is 11.8 Å². The summed E-state index contributed by atoms with van der Waals surface area (Å²) in [5.41, 5.74) is 1.24. The molecule has 1 amide bonds. The molecule has 6 nitrogen and oxygen atoms in total. The molecule has 0 unspecified atom stereocenters. The van der Waals surface area contributed by atoms with Crippen molar-refractivity contribution >= 4 is 5.91 Å². The van der Waals surface area contributed by atoms with Crippen LogP contribution in [0.3, 0.4) is 0 Å². The lowest BCUT2D eigenvalue weighted by Crippen LogP contribution is -2.45. The zero-order chi connectivity index (χ0) is 19.4. The Hall–Kier alpha value is -1.92. The summed E-state index contributed by atoms with van der Waals surface area (Å²) in [4.78, 5) is 26.8. The molecule has 2 aliphatic heterocycles. The van der Waals surface area contributed by atoms with E-state index in [2.05, 4.69) is 30.1 Å². The maximum Gasteiger partial charge on any atom is 0.263 e. The first kappa shape index (κ1) is 19.8. The zero-order valence-corrected chi connectivity index (χ0v) is 16.7. The highest BCUT2D eigenvalue weighted by molar-refractivity contribution is 5.93. The van der Waals surface area contributed by atoms with Gasteiger partial charge in [0.2, 0.25) is 0 Å². The molecule has 2 fully saturated rings. The van der Waals surface area contributed by atoms with Crippen LogP contribution in [0.5, 0.6) is 0 Å². The van der Waals surface area contributed by atoms with E-state index in [1.165, 1.54) is 10.1 Å². The fourth-order valence-corrected chi connectivity index (χ4v) is 3.93. The van der Waals surface area contributed by atoms with Crippen molar-refractivity contribution in [3.8, 4) is 0 Å². The number of carbonyl (C=O) groups is 1. The Bertz CT molecular complexity index is 756. The van der Waals surface area contributed by atoms with Gasteiger partial charge in [0.05, 0.1) is 11.7 Å². The van der Waals surface area contributed by atoms with Gasteiger partial charge in [0.1, 0.15) is 5.56 Å². The van der Waals surface area contributed by atoms with Crippen molar-refractivity contribution in [3.05, 3.63) is 45.9 Å². The van der Waals surface area contributed by atoms with E-state index in [0.717, 1.165) is 45.3 Å². The number of hydrogen-bond donors (Lipinski definition) is 1. The Balaban J connectivity index is 1.48. The molecule has 1 aromatic rings. The first-order chi connectivity index (χ1) is 12.9. The van der Waals surface area contributed by atoms with Crippen molar-refractivity contribution in [1.29, 1.82) is 0 Å². The summed E-state index contributed by atoms with van der Waals surface area (Å²) in [7, 11) is 1.65. The number of rotatable bonds is 5. The van der Waals surface area contributed by atoms with Crippen LogP contribution >= 0.6 is 0 Å². The quantitative estimate of drug-likeness (QED) is 0.803. The molecule has 6 heteroatoms. The third-order valence-electron chi connectivity index (χ3n) is 5.72. The van der Waals surface area contributed by atoms with Gasteiger partial charge in [-0.2, -0.15) is 0 Å². The molecular formula is C21H31N3O3. The van der Waals surface area contributed by atoms with Crippen LogP contribution in [0.25, 0.3) is 0 Å². The molecule has 1 aromatic heterocycles. The number of piperidine rings is 1. The minimum absolute atomic E-state index is 0.0280.